The molecule has 0 aliphatic carbocycles. The summed E-state index contributed by atoms with van der Waals surface area (Å²) in [5.74, 6) is -0.733. The van der Waals surface area contributed by atoms with Crippen molar-refractivity contribution in [2.75, 3.05) is 7.11 Å². The van der Waals surface area contributed by atoms with E-state index in [1.807, 2.05) is 0 Å². The molecule has 1 aromatic carbocycles. The van der Waals surface area contributed by atoms with E-state index in [1.54, 1.807) is 24.3 Å². The van der Waals surface area contributed by atoms with Crippen LogP contribution in [0.2, 0.25) is 0 Å². The van der Waals surface area contributed by atoms with E-state index in [4.69, 9.17) is 0 Å². The fourth-order valence-electron chi connectivity index (χ4n) is 1.43. The molecule has 0 saturated carbocycles. The summed E-state index contributed by atoms with van der Waals surface area (Å²) in [6, 6.07) is 7.82. The van der Waals surface area contributed by atoms with Gasteiger partial charge in [0.1, 0.15) is 5.82 Å². The van der Waals surface area contributed by atoms with Gasteiger partial charge >= 0.3 is 5.97 Å². The number of methoxy groups -OCH3 is 1. The number of rotatable bonds is 2. The molecule has 1 heterocycles. The normalized spacial score (nSPS) is 10.9. The molecule has 0 N–H and O–H groups in total. The standard InChI is InChI=1S/C13H10FNO2/c1-17-13(16)7-5-11-4-2-9-8-10(14)3-6-12(9)15-11/h2-8H,1H3. The number of benzene rings is 1. The van der Waals surface area contributed by atoms with Crippen molar-refractivity contribution in [1.82, 2.24) is 4.98 Å². The zero-order chi connectivity index (χ0) is 12.3. The van der Waals surface area contributed by atoms with Gasteiger partial charge in [-0.05, 0) is 30.3 Å². The lowest BCUT2D eigenvalue weighted by Crippen LogP contribution is -1.93. The topological polar surface area (TPSA) is 39.2 Å². The molecule has 0 fully saturated rings. The van der Waals surface area contributed by atoms with Gasteiger partial charge in [-0.3, -0.25) is 0 Å². The maximum absolute atomic E-state index is 12.9. The molecule has 0 saturated heterocycles. The second-order valence-corrected chi connectivity index (χ2v) is 3.43. The van der Waals surface area contributed by atoms with Crippen molar-refractivity contribution in [3.63, 3.8) is 0 Å². The minimum Gasteiger partial charge on any atom is -0.466 e. The Hall–Kier alpha value is -2.23. The fraction of sp³-hybridized carbons (Fsp3) is 0.0769. The van der Waals surface area contributed by atoms with Crippen LogP contribution in [0.5, 0.6) is 0 Å². The first kappa shape index (κ1) is 11.3. The third-order valence-corrected chi connectivity index (χ3v) is 2.26. The highest BCUT2D eigenvalue weighted by Crippen LogP contribution is 2.14. The molecule has 0 aliphatic heterocycles. The Labute approximate surface area is 97.5 Å². The number of hydrogen-bond acceptors (Lipinski definition) is 3. The number of esters is 1. The number of fused-ring (bicyclic) bond motifs is 1. The summed E-state index contributed by atoms with van der Waals surface area (Å²) in [6.07, 6.45) is 2.84. The summed E-state index contributed by atoms with van der Waals surface area (Å²) in [4.78, 5) is 15.2. The van der Waals surface area contributed by atoms with Gasteiger partial charge in [-0.25, -0.2) is 14.2 Å². The van der Waals surface area contributed by atoms with E-state index < -0.39 is 5.97 Å². The van der Waals surface area contributed by atoms with E-state index in [0.717, 1.165) is 5.39 Å². The predicted molar refractivity (Wildman–Crippen MR) is 62.8 cm³/mol. The Morgan fingerprint density at radius 2 is 2.18 bits per heavy atom. The average molecular weight is 231 g/mol. The van der Waals surface area contributed by atoms with E-state index in [2.05, 4.69) is 9.72 Å². The van der Waals surface area contributed by atoms with Crippen LogP contribution in [0.1, 0.15) is 5.69 Å². The van der Waals surface area contributed by atoms with Gasteiger partial charge < -0.3 is 4.74 Å². The minimum absolute atomic E-state index is 0.294. The van der Waals surface area contributed by atoms with E-state index in [1.165, 1.54) is 25.3 Å². The number of carbonyl (C=O) groups excluding carboxylic acids is 1. The minimum atomic E-state index is -0.439. The molecule has 2 aromatic rings. The Morgan fingerprint density at radius 1 is 1.35 bits per heavy atom. The van der Waals surface area contributed by atoms with Crippen LogP contribution in [-0.4, -0.2) is 18.1 Å². The van der Waals surface area contributed by atoms with Gasteiger partial charge in [0.2, 0.25) is 0 Å². The summed E-state index contributed by atoms with van der Waals surface area (Å²) in [5.41, 5.74) is 1.30. The second-order valence-electron chi connectivity index (χ2n) is 3.43. The summed E-state index contributed by atoms with van der Waals surface area (Å²) >= 11 is 0. The molecule has 0 bridgehead atoms. The molecule has 86 valence electrons. The van der Waals surface area contributed by atoms with Crippen LogP contribution in [-0.2, 0) is 9.53 Å². The third kappa shape index (κ3) is 2.66. The lowest BCUT2D eigenvalue weighted by atomic mass is 10.2. The first-order chi connectivity index (χ1) is 8.19. The molecule has 1 aromatic heterocycles. The lowest BCUT2D eigenvalue weighted by molar-refractivity contribution is -0.134. The first-order valence-corrected chi connectivity index (χ1v) is 5.01. The number of hydrogen-bond donors (Lipinski definition) is 0. The maximum atomic E-state index is 12.9. The smallest absolute Gasteiger partial charge is 0.330 e. The summed E-state index contributed by atoms with van der Waals surface area (Å²) in [5, 5.41) is 0.722. The monoisotopic (exact) mass is 231 g/mol. The Balaban J connectivity index is 2.35. The van der Waals surface area contributed by atoms with Crippen molar-refractivity contribution in [2.24, 2.45) is 0 Å². The van der Waals surface area contributed by atoms with Gasteiger partial charge in [-0.1, -0.05) is 6.07 Å². The van der Waals surface area contributed by atoms with Crippen LogP contribution in [0.3, 0.4) is 0 Å². The maximum Gasteiger partial charge on any atom is 0.330 e. The molecule has 17 heavy (non-hydrogen) atoms. The summed E-state index contributed by atoms with van der Waals surface area (Å²) < 4.78 is 17.4. The van der Waals surface area contributed by atoms with Crippen molar-refractivity contribution in [3.8, 4) is 0 Å². The van der Waals surface area contributed by atoms with Crippen LogP contribution in [0, 0.1) is 5.82 Å². The largest absolute Gasteiger partial charge is 0.466 e. The molecule has 0 aliphatic rings. The van der Waals surface area contributed by atoms with Gasteiger partial charge in [0.25, 0.3) is 0 Å². The highest BCUT2D eigenvalue weighted by Gasteiger charge is 1.98. The Morgan fingerprint density at radius 3 is 2.94 bits per heavy atom. The number of halogens is 1. The van der Waals surface area contributed by atoms with Crippen LogP contribution in [0.15, 0.2) is 36.4 Å². The molecular weight excluding hydrogens is 221 g/mol. The van der Waals surface area contributed by atoms with Crippen molar-refractivity contribution in [1.29, 1.82) is 0 Å². The van der Waals surface area contributed by atoms with E-state index in [-0.39, 0.29) is 5.82 Å². The van der Waals surface area contributed by atoms with Crippen LogP contribution < -0.4 is 0 Å². The number of ether oxygens (including phenoxy) is 1. The number of aromatic nitrogens is 1. The SMILES string of the molecule is COC(=O)C=Cc1ccc2cc(F)ccc2n1. The van der Waals surface area contributed by atoms with Crippen molar-refractivity contribution in [3.05, 3.63) is 47.9 Å². The van der Waals surface area contributed by atoms with Gasteiger partial charge in [-0.2, -0.15) is 0 Å². The van der Waals surface area contributed by atoms with E-state index in [0.29, 0.717) is 11.2 Å². The van der Waals surface area contributed by atoms with E-state index in [9.17, 15) is 9.18 Å². The highest BCUT2D eigenvalue weighted by molar-refractivity contribution is 5.87. The molecule has 0 unspecified atom stereocenters. The average Bonchev–Trinajstić information content (AvgIpc) is 2.35. The molecule has 4 heteroatoms. The zero-order valence-corrected chi connectivity index (χ0v) is 9.18. The summed E-state index contributed by atoms with van der Waals surface area (Å²) in [7, 11) is 1.31. The van der Waals surface area contributed by atoms with Gasteiger partial charge in [-0.15, -0.1) is 0 Å². The fourth-order valence-corrected chi connectivity index (χ4v) is 1.43. The van der Waals surface area contributed by atoms with Crippen molar-refractivity contribution in [2.45, 2.75) is 0 Å². The van der Waals surface area contributed by atoms with Crippen molar-refractivity contribution >= 4 is 22.9 Å². The van der Waals surface area contributed by atoms with E-state index >= 15 is 0 Å². The molecular formula is C13H10FNO2. The molecule has 0 amide bonds. The molecule has 0 atom stereocenters. The number of pyridine rings is 1. The molecule has 0 radical (unpaired) electrons. The summed E-state index contributed by atoms with van der Waals surface area (Å²) in [6.45, 7) is 0. The van der Waals surface area contributed by atoms with Gasteiger partial charge in [0.15, 0.2) is 0 Å². The van der Waals surface area contributed by atoms with Gasteiger partial charge in [0, 0.05) is 11.5 Å². The highest BCUT2D eigenvalue weighted by atomic mass is 19.1. The van der Waals surface area contributed by atoms with Gasteiger partial charge in [0.05, 0.1) is 18.3 Å². The Kier molecular flexibility index (Phi) is 3.14. The molecule has 2 rings (SSSR count). The lowest BCUT2D eigenvalue weighted by Gasteiger charge is -1.99. The molecule has 0 spiro atoms. The third-order valence-electron chi connectivity index (χ3n) is 2.26. The number of nitrogens with zero attached hydrogens (tertiary/aromatic N) is 1. The second kappa shape index (κ2) is 4.74. The quantitative estimate of drug-likeness (QED) is 0.589. The predicted octanol–water partition coefficient (Wildman–Crippen LogP) is 2.56. The first-order valence-electron chi connectivity index (χ1n) is 5.01. The van der Waals surface area contributed by atoms with Crippen LogP contribution >= 0.6 is 0 Å². The zero-order valence-electron chi connectivity index (χ0n) is 9.18. The van der Waals surface area contributed by atoms with Crippen LogP contribution in [0.25, 0.3) is 17.0 Å². The molecule has 3 nitrogen and oxygen atoms in total. The Bertz CT molecular complexity index is 593. The van der Waals surface area contributed by atoms with Crippen molar-refractivity contribution < 1.29 is 13.9 Å². The number of carbonyl (C=O) groups is 1. The van der Waals surface area contributed by atoms with Crippen LogP contribution in [0.4, 0.5) is 4.39 Å².